The molecule has 16 heavy (non-hydrogen) atoms. The Labute approximate surface area is 102 Å². The normalized spacial score (nSPS) is 13.5. The Kier molecular flexibility index (Phi) is 6.78. The molecule has 0 rings (SSSR count). The standard InChI is InChI=1S/C12H28O3Si/c1-9(2)13-16(12(7)8,14-10(3)4)15-11(5)6/h9-12H,1-8H3. The number of hydrogen-bond acceptors (Lipinski definition) is 3. The van der Waals surface area contributed by atoms with Crippen LogP contribution >= 0.6 is 0 Å². The third-order valence-electron chi connectivity index (χ3n) is 1.91. The smallest absolute Gasteiger partial charge is 0.371 e. The fourth-order valence-electron chi connectivity index (χ4n) is 1.48. The molecule has 0 fully saturated rings. The maximum Gasteiger partial charge on any atom is 0.504 e. The Morgan fingerprint density at radius 1 is 0.562 bits per heavy atom. The van der Waals surface area contributed by atoms with Gasteiger partial charge in [-0.05, 0) is 41.5 Å². The monoisotopic (exact) mass is 248 g/mol. The predicted octanol–water partition coefficient (Wildman–Crippen LogP) is 3.61. The summed E-state index contributed by atoms with van der Waals surface area (Å²) in [6.07, 6.45) is 0.393. The van der Waals surface area contributed by atoms with Crippen molar-refractivity contribution in [3.05, 3.63) is 0 Å². The van der Waals surface area contributed by atoms with Crippen molar-refractivity contribution in [3.8, 4) is 0 Å². The van der Waals surface area contributed by atoms with Crippen LogP contribution in [0.25, 0.3) is 0 Å². The van der Waals surface area contributed by atoms with Gasteiger partial charge in [-0.1, -0.05) is 13.8 Å². The van der Waals surface area contributed by atoms with Crippen LogP contribution in [0.2, 0.25) is 5.54 Å². The van der Waals surface area contributed by atoms with Crippen LogP contribution in [-0.2, 0) is 13.3 Å². The summed E-state index contributed by atoms with van der Waals surface area (Å²) in [6.45, 7) is 16.4. The molecule has 0 saturated carbocycles. The SMILES string of the molecule is CC(C)O[Si](OC(C)C)(OC(C)C)C(C)C. The lowest BCUT2D eigenvalue weighted by Gasteiger charge is -2.37. The van der Waals surface area contributed by atoms with E-state index in [9.17, 15) is 0 Å². The number of rotatable bonds is 7. The van der Waals surface area contributed by atoms with Crippen LogP contribution in [0.15, 0.2) is 0 Å². The van der Waals surface area contributed by atoms with Crippen LogP contribution in [-0.4, -0.2) is 27.1 Å². The van der Waals surface area contributed by atoms with Crippen LogP contribution in [0.3, 0.4) is 0 Å². The second-order valence-corrected chi connectivity index (χ2v) is 8.33. The van der Waals surface area contributed by atoms with Gasteiger partial charge in [0.15, 0.2) is 0 Å². The van der Waals surface area contributed by atoms with E-state index in [1.165, 1.54) is 0 Å². The van der Waals surface area contributed by atoms with E-state index in [-0.39, 0.29) is 23.9 Å². The van der Waals surface area contributed by atoms with Crippen LogP contribution in [0.1, 0.15) is 55.4 Å². The summed E-state index contributed by atoms with van der Waals surface area (Å²) in [5.41, 5.74) is 0.277. The zero-order valence-electron chi connectivity index (χ0n) is 12.0. The fraction of sp³-hybridized carbons (Fsp3) is 1.00. The molecule has 0 unspecified atom stereocenters. The van der Waals surface area contributed by atoms with Gasteiger partial charge in [-0.25, -0.2) is 0 Å². The highest BCUT2D eigenvalue weighted by molar-refractivity contribution is 6.62. The Balaban J connectivity index is 4.88. The molecule has 0 N–H and O–H groups in total. The Bertz CT molecular complexity index is 164. The molecule has 3 nitrogen and oxygen atoms in total. The quantitative estimate of drug-likeness (QED) is 0.644. The van der Waals surface area contributed by atoms with Gasteiger partial charge in [0.2, 0.25) is 0 Å². The molecule has 4 heteroatoms. The summed E-state index contributed by atoms with van der Waals surface area (Å²) in [5.74, 6) is 0. The first kappa shape index (κ1) is 16.1. The van der Waals surface area contributed by atoms with Gasteiger partial charge in [0.1, 0.15) is 0 Å². The maximum absolute atomic E-state index is 6.02. The molecule has 0 bridgehead atoms. The van der Waals surface area contributed by atoms with Crippen molar-refractivity contribution in [2.24, 2.45) is 0 Å². The van der Waals surface area contributed by atoms with Crippen molar-refractivity contribution in [3.63, 3.8) is 0 Å². The highest BCUT2D eigenvalue weighted by Crippen LogP contribution is 2.29. The zero-order chi connectivity index (χ0) is 12.9. The lowest BCUT2D eigenvalue weighted by molar-refractivity contribution is -0.00254. The molecule has 0 aliphatic carbocycles. The first-order chi connectivity index (χ1) is 7.19. The van der Waals surface area contributed by atoms with Crippen molar-refractivity contribution in [2.45, 2.75) is 79.2 Å². The molecule has 0 heterocycles. The van der Waals surface area contributed by atoms with Crippen molar-refractivity contribution in [1.82, 2.24) is 0 Å². The van der Waals surface area contributed by atoms with Crippen LogP contribution in [0.5, 0.6) is 0 Å². The molecular weight excluding hydrogens is 220 g/mol. The van der Waals surface area contributed by atoms with Gasteiger partial charge in [-0.15, -0.1) is 0 Å². The fourth-order valence-corrected chi connectivity index (χ4v) is 4.43. The molecule has 0 amide bonds. The third kappa shape index (κ3) is 5.43. The average Bonchev–Trinajstić information content (AvgIpc) is 1.98. The van der Waals surface area contributed by atoms with E-state index in [4.69, 9.17) is 13.3 Å². The average molecular weight is 248 g/mol. The van der Waals surface area contributed by atoms with E-state index in [1.54, 1.807) is 0 Å². The van der Waals surface area contributed by atoms with Crippen molar-refractivity contribution in [2.75, 3.05) is 0 Å². The van der Waals surface area contributed by atoms with Crippen LogP contribution in [0, 0.1) is 0 Å². The topological polar surface area (TPSA) is 27.7 Å². The highest BCUT2D eigenvalue weighted by atomic mass is 28.4. The predicted molar refractivity (Wildman–Crippen MR) is 69.5 cm³/mol. The summed E-state index contributed by atoms with van der Waals surface area (Å²) < 4.78 is 18.0. The van der Waals surface area contributed by atoms with Gasteiger partial charge in [0, 0.05) is 23.9 Å². The molecule has 0 aromatic heterocycles. The molecular formula is C12H28O3Si. The van der Waals surface area contributed by atoms with Gasteiger partial charge < -0.3 is 13.3 Å². The van der Waals surface area contributed by atoms with E-state index < -0.39 is 8.80 Å². The molecule has 0 aromatic rings. The Hall–Kier alpha value is 0.0969. The summed E-state index contributed by atoms with van der Waals surface area (Å²) in [6, 6.07) is 0. The molecule has 0 aromatic carbocycles. The molecule has 0 spiro atoms. The van der Waals surface area contributed by atoms with Gasteiger partial charge in [-0.2, -0.15) is 0 Å². The van der Waals surface area contributed by atoms with Crippen molar-refractivity contribution >= 4 is 8.80 Å². The second kappa shape index (κ2) is 6.74. The van der Waals surface area contributed by atoms with Gasteiger partial charge >= 0.3 is 8.80 Å². The van der Waals surface area contributed by atoms with Crippen LogP contribution < -0.4 is 0 Å². The molecule has 98 valence electrons. The van der Waals surface area contributed by atoms with E-state index >= 15 is 0 Å². The van der Waals surface area contributed by atoms with Gasteiger partial charge in [-0.3, -0.25) is 0 Å². The Morgan fingerprint density at radius 3 is 0.938 bits per heavy atom. The third-order valence-corrected chi connectivity index (χ3v) is 5.72. The number of hydrogen-bond donors (Lipinski definition) is 0. The van der Waals surface area contributed by atoms with Gasteiger partial charge in [0.25, 0.3) is 0 Å². The van der Waals surface area contributed by atoms with E-state index in [1.807, 2.05) is 41.5 Å². The zero-order valence-corrected chi connectivity index (χ0v) is 13.0. The summed E-state index contributed by atoms with van der Waals surface area (Å²) in [4.78, 5) is 0. The summed E-state index contributed by atoms with van der Waals surface area (Å²) in [5, 5.41) is 0. The molecule has 0 aliphatic heterocycles. The lowest BCUT2D eigenvalue weighted by Crippen LogP contribution is -2.53. The minimum Gasteiger partial charge on any atom is -0.371 e. The molecule has 0 atom stereocenters. The van der Waals surface area contributed by atoms with Crippen molar-refractivity contribution in [1.29, 1.82) is 0 Å². The largest absolute Gasteiger partial charge is 0.504 e. The van der Waals surface area contributed by atoms with E-state index in [0.717, 1.165) is 0 Å². The lowest BCUT2D eigenvalue weighted by atomic mass is 10.5. The highest BCUT2D eigenvalue weighted by Gasteiger charge is 2.47. The van der Waals surface area contributed by atoms with E-state index in [0.29, 0.717) is 0 Å². The molecule has 0 aliphatic rings. The summed E-state index contributed by atoms with van der Waals surface area (Å²) >= 11 is 0. The molecule has 0 radical (unpaired) electrons. The minimum absolute atomic E-state index is 0.131. The second-order valence-electron chi connectivity index (χ2n) is 5.26. The molecule has 0 saturated heterocycles. The maximum atomic E-state index is 6.02. The van der Waals surface area contributed by atoms with Gasteiger partial charge in [0.05, 0.1) is 0 Å². The first-order valence-electron chi connectivity index (χ1n) is 6.23. The van der Waals surface area contributed by atoms with E-state index in [2.05, 4.69) is 13.8 Å². The summed E-state index contributed by atoms with van der Waals surface area (Å²) in [7, 11) is -2.56. The van der Waals surface area contributed by atoms with Crippen molar-refractivity contribution < 1.29 is 13.3 Å². The first-order valence-corrected chi connectivity index (χ1v) is 8.03. The Morgan fingerprint density at radius 2 is 0.812 bits per heavy atom. The minimum atomic E-state index is -2.56. The van der Waals surface area contributed by atoms with Crippen LogP contribution in [0.4, 0.5) is 0 Å².